The monoisotopic (exact) mass is 543 g/mol. The van der Waals surface area contributed by atoms with Gasteiger partial charge in [-0.25, -0.2) is 9.98 Å². The van der Waals surface area contributed by atoms with Crippen molar-refractivity contribution in [3.05, 3.63) is 83.9 Å². The van der Waals surface area contributed by atoms with E-state index < -0.39 is 0 Å². The lowest BCUT2D eigenvalue weighted by molar-refractivity contribution is 0.680. The van der Waals surface area contributed by atoms with Crippen LogP contribution >= 0.6 is 24.0 Å². The summed E-state index contributed by atoms with van der Waals surface area (Å²) < 4.78 is 1.93. The van der Waals surface area contributed by atoms with E-state index in [1.54, 1.807) is 6.20 Å². The summed E-state index contributed by atoms with van der Waals surface area (Å²) >= 11 is 0. The van der Waals surface area contributed by atoms with E-state index in [-0.39, 0.29) is 24.0 Å². The first-order chi connectivity index (χ1) is 15.3. The van der Waals surface area contributed by atoms with Crippen LogP contribution < -0.4 is 10.6 Å². The lowest BCUT2D eigenvalue weighted by atomic mass is 10.1. The fourth-order valence-corrected chi connectivity index (χ4v) is 3.53. The molecule has 4 rings (SSSR count). The number of aryl methyl sites for hydroxylation is 1. The number of aromatic nitrogens is 4. The average molecular weight is 543 g/mol. The molecule has 0 unspecified atom stereocenters. The molecule has 2 heterocycles. The van der Waals surface area contributed by atoms with E-state index in [1.165, 1.54) is 11.1 Å². The van der Waals surface area contributed by atoms with Gasteiger partial charge in [0.25, 0.3) is 0 Å². The predicted octanol–water partition coefficient (Wildman–Crippen LogP) is 4.11. The molecule has 0 spiro atoms. The minimum Gasteiger partial charge on any atom is -0.357 e. The van der Waals surface area contributed by atoms with E-state index in [0.29, 0.717) is 6.54 Å². The zero-order valence-electron chi connectivity index (χ0n) is 18.3. The smallest absolute Gasteiger partial charge is 0.191 e. The molecule has 2 aromatic heterocycles. The van der Waals surface area contributed by atoms with Gasteiger partial charge in [0.15, 0.2) is 5.96 Å². The van der Waals surface area contributed by atoms with E-state index in [1.807, 2.05) is 35.1 Å². The summed E-state index contributed by atoms with van der Waals surface area (Å²) in [5, 5.41) is 11.1. The van der Waals surface area contributed by atoms with Gasteiger partial charge in [-0.1, -0.05) is 36.4 Å². The van der Waals surface area contributed by atoms with Gasteiger partial charge >= 0.3 is 0 Å². The van der Waals surface area contributed by atoms with Crippen molar-refractivity contribution in [1.82, 2.24) is 30.4 Å². The van der Waals surface area contributed by atoms with E-state index in [0.717, 1.165) is 55.3 Å². The third-order valence-corrected chi connectivity index (χ3v) is 5.08. The summed E-state index contributed by atoms with van der Waals surface area (Å²) in [6.45, 7) is 5.11. The Kier molecular flexibility index (Phi) is 9.09. The van der Waals surface area contributed by atoms with Gasteiger partial charge in [-0.2, -0.15) is 5.10 Å². The first-order valence-corrected chi connectivity index (χ1v) is 10.8. The van der Waals surface area contributed by atoms with Crippen LogP contribution in [0.1, 0.15) is 30.3 Å². The fourth-order valence-electron chi connectivity index (χ4n) is 3.53. The van der Waals surface area contributed by atoms with Crippen molar-refractivity contribution in [3.63, 3.8) is 0 Å². The van der Waals surface area contributed by atoms with Crippen LogP contribution in [0.15, 0.2) is 72.0 Å². The zero-order chi connectivity index (χ0) is 21.3. The molecule has 0 saturated carbocycles. The second-order valence-corrected chi connectivity index (χ2v) is 7.40. The molecule has 0 bridgehead atoms. The highest BCUT2D eigenvalue weighted by Crippen LogP contribution is 2.12. The normalized spacial score (nSPS) is 11.3. The van der Waals surface area contributed by atoms with Gasteiger partial charge in [-0.05, 0) is 42.7 Å². The Hall–Kier alpha value is -2.88. The minimum absolute atomic E-state index is 0. The van der Waals surface area contributed by atoms with Crippen molar-refractivity contribution < 1.29 is 0 Å². The highest BCUT2D eigenvalue weighted by Gasteiger charge is 2.05. The van der Waals surface area contributed by atoms with Crippen molar-refractivity contribution in [2.45, 2.75) is 32.9 Å². The largest absolute Gasteiger partial charge is 0.357 e. The highest BCUT2D eigenvalue weighted by atomic mass is 127. The Morgan fingerprint density at radius 1 is 1.03 bits per heavy atom. The Labute approximate surface area is 205 Å². The number of fused-ring (bicyclic) bond motifs is 1. The average Bonchev–Trinajstić information content (AvgIpc) is 3.45. The maximum absolute atomic E-state index is 4.79. The molecule has 7 nitrogen and oxygen atoms in total. The maximum Gasteiger partial charge on any atom is 0.191 e. The number of benzene rings is 2. The highest BCUT2D eigenvalue weighted by molar-refractivity contribution is 14.0. The molecule has 2 aromatic carbocycles. The van der Waals surface area contributed by atoms with Crippen LogP contribution in [0, 0.1) is 0 Å². The summed E-state index contributed by atoms with van der Waals surface area (Å²) in [6, 6.07) is 18.5. The van der Waals surface area contributed by atoms with E-state index >= 15 is 0 Å². The second-order valence-electron chi connectivity index (χ2n) is 7.40. The van der Waals surface area contributed by atoms with Crippen LogP contribution in [0.5, 0.6) is 0 Å². The van der Waals surface area contributed by atoms with Gasteiger partial charge in [0.05, 0.1) is 24.1 Å². The quantitative estimate of drug-likeness (QED) is 0.129. The molecule has 168 valence electrons. The van der Waals surface area contributed by atoms with Crippen molar-refractivity contribution in [2.24, 2.45) is 4.99 Å². The van der Waals surface area contributed by atoms with Crippen molar-refractivity contribution in [1.29, 1.82) is 0 Å². The van der Waals surface area contributed by atoms with Gasteiger partial charge in [0.1, 0.15) is 5.82 Å². The topological polar surface area (TPSA) is 82.9 Å². The van der Waals surface area contributed by atoms with Crippen molar-refractivity contribution in [2.75, 3.05) is 13.1 Å². The number of H-pyrrole nitrogens is 1. The fraction of sp³-hybridized carbons (Fsp3) is 0.292. The SMILES string of the molecule is CCNC(=NCc1ccccc1Cn1cccn1)NCCCc1nc2ccccc2[nH]1.I. The summed E-state index contributed by atoms with van der Waals surface area (Å²) in [5.41, 5.74) is 4.55. The lowest BCUT2D eigenvalue weighted by Gasteiger charge is -2.12. The predicted molar refractivity (Wildman–Crippen MR) is 140 cm³/mol. The molecule has 0 aliphatic rings. The summed E-state index contributed by atoms with van der Waals surface area (Å²) in [4.78, 5) is 12.8. The molecule has 0 atom stereocenters. The van der Waals surface area contributed by atoms with Crippen LogP contribution in [0.4, 0.5) is 0 Å². The Morgan fingerprint density at radius 3 is 2.62 bits per heavy atom. The molecule has 0 saturated heterocycles. The molecule has 0 fully saturated rings. The summed E-state index contributed by atoms with van der Waals surface area (Å²) in [5.74, 6) is 1.86. The van der Waals surface area contributed by atoms with Crippen LogP contribution in [-0.4, -0.2) is 38.8 Å². The maximum atomic E-state index is 4.79. The molecule has 4 aromatic rings. The number of nitrogens with one attached hydrogen (secondary N) is 3. The molecule has 0 amide bonds. The summed E-state index contributed by atoms with van der Waals surface area (Å²) in [6.07, 6.45) is 5.65. The van der Waals surface area contributed by atoms with Gasteiger partial charge < -0.3 is 15.6 Å². The first kappa shape index (κ1) is 23.8. The number of imidazole rings is 1. The number of hydrogen-bond acceptors (Lipinski definition) is 3. The third kappa shape index (κ3) is 6.56. The van der Waals surface area contributed by atoms with Gasteiger partial charge in [0.2, 0.25) is 0 Å². The third-order valence-electron chi connectivity index (χ3n) is 5.08. The minimum atomic E-state index is 0. The number of rotatable bonds is 9. The standard InChI is InChI=1S/C24H29N7.HI/c1-2-25-24(26-14-7-13-23-29-21-11-5-6-12-22(21)30-23)27-17-19-9-3-4-10-20(19)18-31-16-8-15-28-31;/h3-6,8-12,15-16H,2,7,13-14,17-18H2,1H3,(H,29,30)(H2,25,26,27);1H. The first-order valence-electron chi connectivity index (χ1n) is 10.8. The van der Waals surface area contributed by atoms with E-state index in [9.17, 15) is 0 Å². The molecular formula is C24H30IN7. The summed E-state index contributed by atoms with van der Waals surface area (Å²) in [7, 11) is 0. The number of aliphatic imine (C=N–C) groups is 1. The van der Waals surface area contributed by atoms with E-state index in [4.69, 9.17) is 4.99 Å². The van der Waals surface area contributed by atoms with E-state index in [2.05, 4.69) is 63.0 Å². The Balaban J connectivity index is 0.00000289. The van der Waals surface area contributed by atoms with Crippen LogP contribution in [-0.2, 0) is 19.5 Å². The molecule has 8 heteroatoms. The zero-order valence-corrected chi connectivity index (χ0v) is 20.6. The van der Waals surface area contributed by atoms with Crippen LogP contribution in [0.3, 0.4) is 0 Å². The Morgan fingerprint density at radius 2 is 1.84 bits per heavy atom. The Bertz CT molecular complexity index is 1090. The molecule has 0 aliphatic heterocycles. The van der Waals surface area contributed by atoms with Gasteiger partial charge in [-0.3, -0.25) is 4.68 Å². The van der Waals surface area contributed by atoms with Crippen LogP contribution in [0.25, 0.3) is 11.0 Å². The molecule has 32 heavy (non-hydrogen) atoms. The molecular weight excluding hydrogens is 513 g/mol. The van der Waals surface area contributed by atoms with Crippen molar-refractivity contribution >= 4 is 41.0 Å². The molecule has 0 aliphatic carbocycles. The number of nitrogens with zero attached hydrogens (tertiary/aromatic N) is 4. The van der Waals surface area contributed by atoms with Crippen molar-refractivity contribution in [3.8, 4) is 0 Å². The molecule has 3 N–H and O–H groups in total. The number of para-hydroxylation sites is 2. The number of guanidine groups is 1. The van der Waals surface area contributed by atoms with Crippen LogP contribution in [0.2, 0.25) is 0 Å². The number of hydrogen-bond donors (Lipinski definition) is 3. The second kappa shape index (κ2) is 12.2. The van der Waals surface area contributed by atoms with Gasteiger partial charge in [0, 0.05) is 31.9 Å². The lowest BCUT2D eigenvalue weighted by Crippen LogP contribution is -2.37. The number of halogens is 1. The molecule has 0 radical (unpaired) electrons. The van der Waals surface area contributed by atoms with Gasteiger partial charge in [-0.15, -0.1) is 24.0 Å². The number of aromatic amines is 1.